The molecule has 1 fully saturated rings. The first-order chi connectivity index (χ1) is 11.7. The molecular weight excluding hydrogens is 300 g/mol. The normalized spacial score (nSPS) is 28.0. The summed E-state index contributed by atoms with van der Waals surface area (Å²) < 4.78 is 2.19. The third-order valence-corrected chi connectivity index (χ3v) is 5.56. The van der Waals surface area contributed by atoms with E-state index in [1.54, 1.807) is 0 Å². The van der Waals surface area contributed by atoms with Crippen molar-refractivity contribution in [2.24, 2.45) is 5.92 Å². The molecule has 0 saturated carbocycles. The van der Waals surface area contributed by atoms with E-state index in [2.05, 4.69) is 32.8 Å². The van der Waals surface area contributed by atoms with E-state index in [0.29, 0.717) is 12.0 Å². The summed E-state index contributed by atoms with van der Waals surface area (Å²) >= 11 is 0. The summed E-state index contributed by atoms with van der Waals surface area (Å²) in [7, 11) is 0. The van der Waals surface area contributed by atoms with Gasteiger partial charge in [0.05, 0.1) is 12.4 Å². The fourth-order valence-corrected chi connectivity index (χ4v) is 4.06. The van der Waals surface area contributed by atoms with Crippen molar-refractivity contribution in [2.45, 2.75) is 38.3 Å². The van der Waals surface area contributed by atoms with Gasteiger partial charge in [0.25, 0.3) is 0 Å². The lowest BCUT2D eigenvalue weighted by molar-refractivity contribution is -0.122. The molecule has 126 valence electrons. The predicted molar refractivity (Wildman–Crippen MR) is 93.8 cm³/mol. The number of rotatable bonds is 2. The summed E-state index contributed by atoms with van der Waals surface area (Å²) in [4.78, 5) is 19.3. The first-order valence-corrected chi connectivity index (χ1v) is 8.82. The van der Waals surface area contributed by atoms with Crippen LogP contribution < -0.4 is 5.32 Å². The number of aryl methyl sites for hydroxylation is 1. The number of carbonyl (C=O) groups excluding carboxylic acids is 1. The van der Waals surface area contributed by atoms with Crippen molar-refractivity contribution in [3.8, 4) is 0 Å². The Balaban J connectivity index is 1.52. The van der Waals surface area contributed by atoms with Gasteiger partial charge in [-0.05, 0) is 43.4 Å². The second kappa shape index (κ2) is 6.40. The highest BCUT2D eigenvalue weighted by Crippen LogP contribution is 2.31. The molecule has 0 unspecified atom stereocenters. The van der Waals surface area contributed by atoms with E-state index in [1.165, 1.54) is 5.56 Å². The third kappa shape index (κ3) is 2.84. The van der Waals surface area contributed by atoms with Crippen LogP contribution in [0.25, 0.3) is 0 Å². The maximum Gasteiger partial charge on any atom is 0.241 e. The van der Waals surface area contributed by atoms with Gasteiger partial charge in [-0.25, -0.2) is 4.98 Å². The van der Waals surface area contributed by atoms with Crippen LogP contribution in [0.1, 0.15) is 31.4 Å². The van der Waals surface area contributed by atoms with Crippen molar-refractivity contribution >= 4 is 11.6 Å². The second-order valence-electron chi connectivity index (χ2n) is 7.04. The SMILES string of the molecule is C[C@@H]1CCN([C@H]2CCc3ccccc3NC2=O)C[C@H]1n1ccnc1. The van der Waals surface area contributed by atoms with Crippen molar-refractivity contribution < 1.29 is 4.79 Å². The Bertz CT molecular complexity index is 712. The number of likely N-dealkylation sites (tertiary alicyclic amines) is 1. The molecule has 0 spiro atoms. The average molecular weight is 324 g/mol. The van der Waals surface area contributed by atoms with Gasteiger partial charge in [0.15, 0.2) is 0 Å². The lowest BCUT2D eigenvalue weighted by Gasteiger charge is -2.40. The van der Waals surface area contributed by atoms with Gasteiger partial charge in [-0.3, -0.25) is 9.69 Å². The zero-order valence-corrected chi connectivity index (χ0v) is 14.1. The number of benzene rings is 1. The van der Waals surface area contributed by atoms with E-state index in [1.807, 2.05) is 36.9 Å². The highest BCUT2D eigenvalue weighted by molar-refractivity contribution is 5.96. The van der Waals surface area contributed by atoms with Gasteiger partial charge in [0.2, 0.25) is 5.91 Å². The van der Waals surface area contributed by atoms with Crippen LogP contribution in [0, 0.1) is 5.92 Å². The smallest absolute Gasteiger partial charge is 0.241 e. The van der Waals surface area contributed by atoms with Crippen LogP contribution in [0.2, 0.25) is 0 Å². The molecule has 1 saturated heterocycles. The Morgan fingerprint density at radius 1 is 1.25 bits per heavy atom. The standard InChI is InChI=1S/C19H24N4O/c1-14-8-10-22(12-18(14)23-11-9-20-13-23)17-7-6-15-4-2-3-5-16(15)21-19(17)24/h2-5,9,11,13-14,17-18H,6-8,10,12H2,1H3,(H,21,24)/t14-,17+,18-/m1/s1. The van der Waals surface area contributed by atoms with Crippen LogP contribution in [-0.2, 0) is 11.2 Å². The number of aromatic nitrogens is 2. The van der Waals surface area contributed by atoms with E-state index in [4.69, 9.17) is 0 Å². The number of amides is 1. The number of hydrogen-bond acceptors (Lipinski definition) is 3. The zero-order chi connectivity index (χ0) is 16.5. The molecule has 1 N–H and O–H groups in total. The molecule has 2 aromatic rings. The molecule has 1 aromatic heterocycles. The van der Waals surface area contributed by atoms with E-state index in [0.717, 1.165) is 38.0 Å². The Morgan fingerprint density at radius 3 is 2.96 bits per heavy atom. The van der Waals surface area contributed by atoms with Crippen LogP contribution in [0.3, 0.4) is 0 Å². The number of carbonyl (C=O) groups is 1. The predicted octanol–water partition coefficient (Wildman–Crippen LogP) is 2.72. The molecule has 5 nitrogen and oxygen atoms in total. The number of imidazole rings is 1. The molecule has 4 rings (SSSR count). The maximum atomic E-state index is 12.8. The largest absolute Gasteiger partial charge is 0.333 e. The highest BCUT2D eigenvalue weighted by atomic mass is 16.2. The second-order valence-corrected chi connectivity index (χ2v) is 7.04. The molecule has 2 aliphatic rings. The number of nitrogens with one attached hydrogen (secondary N) is 1. The lowest BCUT2D eigenvalue weighted by Crippen LogP contribution is -2.50. The van der Waals surface area contributed by atoms with Crippen LogP contribution in [0.5, 0.6) is 0 Å². The molecule has 24 heavy (non-hydrogen) atoms. The molecule has 3 heterocycles. The lowest BCUT2D eigenvalue weighted by atomic mass is 9.91. The van der Waals surface area contributed by atoms with Crippen LogP contribution in [-0.4, -0.2) is 39.5 Å². The number of fused-ring (bicyclic) bond motifs is 1. The number of anilines is 1. The van der Waals surface area contributed by atoms with Crippen molar-refractivity contribution in [2.75, 3.05) is 18.4 Å². The zero-order valence-electron chi connectivity index (χ0n) is 14.1. The summed E-state index contributed by atoms with van der Waals surface area (Å²) in [6.45, 7) is 4.19. The molecule has 5 heteroatoms. The van der Waals surface area contributed by atoms with E-state index >= 15 is 0 Å². The van der Waals surface area contributed by atoms with Crippen molar-refractivity contribution in [1.82, 2.24) is 14.5 Å². The summed E-state index contributed by atoms with van der Waals surface area (Å²) in [6.07, 6.45) is 8.71. The van der Waals surface area contributed by atoms with Gasteiger partial charge in [-0.1, -0.05) is 25.1 Å². The fraction of sp³-hybridized carbons (Fsp3) is 0.474. The Morgan fingerprint density at radius 2 is 2.12 bits per heavy atom. The number of piperidine rings is 1. The first-order valence-electron chi connectivity index (χ1n) is 8.82. The van der Waals surface area contributed by atoms with Gasteiger partial charge in [0, 0.05) is 30.7 Å². The minimum atomic E-state index is -0.0454. The number of para-hydroxylation sites is 1. The highest BCUT2D eigenvalue weighted by Gasteiger charge is 2.35. The van der Waals surface area contributed by atoms with Crippen LogP contribution >= 0.6 is 0 Å². The van der Waals surface area contributed by atoms with Gasteiger partial charge in [0.1, 0.15) is 0 Å². The third-order valence-electron chi connectivity index (χ3n) is 5.56. The molecular formula is C19H24N4O. The monoisotopic (exact) mass is 324 g/mol. The van der Waals surface area contributed by atoms with E-state index < -0.39 is 0 Å². The summed E-state index contributed by atoms with van der Waals surface area (Å²) in [5.74, 6) is 0.736. The Hall–Kier alpha value is -2.14. The summed E-state index contributed by atoms with van der Waals surface area (Å²) in [5.41, 5.74) is 2.21. The maximum absolute atomic E-state index is 12.8. The fourth-order valence-electron chi connectivity index (χ4n) is 4.06. The van der Waals surface area contributed by atoms with Crippen LogP contribution in [0.4, 0.5) is 5.69 Å². The molecule has 1 aromatic carbocycles. The van der Waals surface area contributed by atoms with Gasteiger partial charge >= 0.3 is 0 Å². The van der Waals surface area contributed by atoms with Crippen LogP contribution in [0.15, 0.2) is 43.0 Å². The van der Waals surface area contributed by atoms with Gasteiger partial charge < -0.3 is 9.88 Å². The first kappa shape index (κ1) is 15.4. The molecule has 2 aliphatic heterocycles. The molecule has 1 amide bonds. The van der Waals surface area contributed by atoms with E-state index in [9.17, 15) is 4.79 Å². The number of nitrogens with zero attached hydrogens (tertiary/aromatic N) is 3. The topological polar surface area (TPSA) is 50.2 Å². The van der Waals surface area contributed by atoms with E-state index in [-0.39, 0.29) is 11.9 Å². The molecule has 0 bridgehead atoms. The molecule has 3 atom stereocenters. The minimum absolute atomic E-state index is 0.0454. The van der Waals surface area contributed by atoms with Crippen molar-refractivity contribution in [3.05, 3.63) is 48.5 Å². The Kier molecular flexibility index (Phi) is 4.10. The Labute approximate surface area is 142 Å². The summed E-state index contributed by atoms with van der Waals surface area (Å²) in [6, 6.07) is 8.49. The van der Waals surface area contributed by atoms with Crippen molar-refractivity contribution in [1.29, 1.82) is 0 Å². The quantitative estimate of drug-likeness (QED) is 0.924. The van der Waals surface area contributed by atoms with Crippen molar-refractivity contribution in [3.63, 3.8) is 0 Å². The average Bonchev–Trinajstić information content (AvgIpc) is 3.06. The van der Waals surface area contributed by atoms with Gasteiger partial charge in [-0.15, -0.1) is 0 Å². The molecule has 0 aliphatic carbocycles. The number of hydrogen-bond donors (Lipinski definition) is 1. The minimum Gasteiger partial charge on any atom is -0.333 e. The summed E-state index contributed by atoms with van der Waals surface area (Å²) in [5, 5.41) is 3.13. The van der Waals surface area contributed by atoms with Gasteiger partial charge in [-0.2, -0.15) is 0 Å². The molecule has 0 radical (unpaired) electrons.